The van der Waals surface area contributed by atoms with Crippen LogP contribution in [-0.4, -0.2) is 42.8 Å². The number of benzene rings is 1. The first-order valence-corrected chi connectivity index (χ1v) is 11.3. The summed E-state index contributed by atoms with van der Waals surface area (Å²) in [5.74, 6) is 1.24. The van der Waals surface area contributed by atoms with Gasteiger partial charge in [-0.05, 0) is 41.9 Å². The van der Waals surface area contributed by atoms with Crippen molar-refractivity contribution >= 4 is 27.7 Å². The van der Waals surface area contributed by atoms with E-state index in [-0.39, 0.29) is 16.2 Å². The smallest absolute Gasteiger partial charge is 0.244 e. The van der Waals surface area contributed by atoms with Crippen LogP contribution in [-0.2, 0) is 20.2 Å². The van der Waals surface area contributed by atoms with Gasteiger partial charge in [0.15, 0.2) is 0 Å². The summed E-state index contributed by atoms with van der Waals surface area (Å²) in [6, 6.07) is 6.41. The van der Waals surface area contributed by atoms with E-state index in [2.05, 4.69) is 26.1 Å². The van der Waals surface area contributed by atoms with Crippen LogP contribution in [0.25, 0.3) is 0 Å². The Kier molecular flexibility index (Phi) is 5.19. The number of nitrogens with zero attached hydrogens (tertiary/aromatic N) is 1. The second-order valence-electron chi connectivity index (χ2n) is 7.87. The first-order valence-electron chi connectivity index (χ1n) is 8.67. The van der Waals surface area contributed by atoms with Gasteiger partial charge in [-0.25, -0.2) is 8.42 Å². The molecular formula is C18H26N2O3S2. The zero-order valence-corrected chi connectivity index (χ0v) is 16.6. The van der Waals surface area contributed by atoms with E-state index in [1.807, 2.05) is 12.1 Å². The minimum absolute atomic E-state index is 0.0307. The van der Waals surface area contributed by atoms with Crippen molar-refractivity contribution < 1.29 is 13.2 Å². The summed E-state index contributed by atoms with van der Waals surface area (Å²) < 4.78 is 27.3. The largest absolute Gasteiger partial charge is 0.354 e. The third-order valence-electron chi connectivity index (χ3n) is 4.73. The van der Waals surface area contributed by atoms with Gasteiger partial charge < -0.3 is 5.32 Å². The van der Waals surface area contributed by atoms with Gasteiger partial charge in [0.05, 0.1) is 10.8 Å². The zero-order chi connectivity index (χ0) is 18.2. The lowest BCUT2D eigenvalue weighted by atomic mass is 9.87. The molecule has 0 aromatic heterocycles. The molecule has 1 saturated carbocycles. The fourth-order valence-electron chi connectivity index (χ4n) is 2.82. The molecule has 1 N–H and O–H groups in total. The molecule has 5 nitrogen and oxygen atoms in total. The predicted molar refractivity (Wildman–Crippen MR) is 101 cm³/mol. The van der Waals surface area contributed by atoms with Crippen LogP contribution in [0.3, 0.4) is 0 Å². The number of hydrogen-bond acceptors (Lipinski definition) is 4. The van der Waals surface area contributed by atoms with E-state index in [1.165, 1.54) is 16.1 Å². The molecule has 7 heteroatoms. The molecule has 1 saturated heterocycles. The van der Waals surface area contributed by atoms with Crippen molar-refractivity contribution in [3.63, 3.8) is 0 Å². The molecule has 2 aliphatic rings. The van der Waals surface area contributed by atoms with Gasteiger partial charge in [-0.2, -0.15) is 4.31 Å². The van der Waals surface area contributed by atoms with Gasteiger partial charge in [-0.1, -0.05) is 32.9 Å². The molecule has 1 aliphatic heterocycles. The van der Waals surface area contributed by atoms with Crippen molar-refractivity contribution in [1.82, 2.24) is 9.62 Å². The molecule has 1 amide bonds. The Morgan fingerprint density at radius 2 is 1.88 bits per heavy atom. The van der Waals surface area contributed by atoms with Gasteiger partial charge in [0.2, 0.25) is 15.9 Å². The van der Waals surface area contributed by atoms with Crippen LogP contribution in [0.4, 0.5) is 0 Å². The lowest BCUT2D eigenvalue weighted by Crippen LogP contribution is -2.47. The molecule has 25 heavy (non-hydrogen) atoms. The first-order chi connectivity index (χ1) is 11.7. The van der Waals surface area contributed by atoms with E-state index in [9.17, 15) is 13.2 Å². The summed E-state index contributed by atoms with van der Waals surface area (Å²) >= 11 is 1.48. The van der Waals surface area contributed by atoms with E-state index in [0.717, 1.165) is 18.4 Å². The van der Waals surface area contributed by atoms with Crippen molar-refractivity contribution in [2.45, 2.75) is 50.0 Å². The molecule has 1 aromatic carbocycles. The summed E-state index contributed by atoms with van der Waals surface area (Å²) in [5.41, 5.74) is 1.05. The first kappa shape index (κ1) is 18.7. The maximum atomic E-state index is 13.0. The molecule has 1 atom stereocenters. The van der Waals surface area contributed by atoms with Crippen LogP contribution < -0.4 is 5.32 Å². The summed E-state index contributed by atoms with van der Waals surface area (Å²) in [6.45, 7) is 6.93. The van der Waals surface area contributed by atoms with E-state index < -0.39 is 16.1 Å². The van der Waals surface area contributed by atoms with Crippen molar-refractivity contribution in [1.29, 1.82) is 0 Å². The Hall–Kier alpha value is -1.05. The highest BCUT2D eigenvalue weighted by molar-refractivity contribution is 8.00. The summed E-state index contributed by atoms with van der Waals surface area (Å²) in [6.07, 6.45) is 2.31. The van der Waals surface area contributed by atoms with Crippen LogP contribution >= 0.6 is 11.8 Å². The maximum Gasteiger partial charge on any atom is 0.244 e. The summed E-state index contributed by atoms with van der Waals surface area (Å²) in [5, 5.41) is 2.91. The number of carbonyl (C=O) groups excluding carboxylic acids is 1. The Labute approximate surface area is 154 Å². The average Bonchev–Trinajstić information content (AvgIpc) is 3.25. The molecule has 1 heterocycles. The molecular weight excluding hydrogens is 356 g/mol. The van der Waals surface area contributed by atoms with Gasteiger partial charge in [0.25, 0.3) is 0 Å². The minimum Gasteiger partial charge on any atom is -0.354 e. The third-order valence-corrected chi connectivity index (χ3v) is 7.78. The number of rotatable bonds is 5. The van der Waals surface area contributed by atoms with Gasteiger partial charge in [-0.3, -0.25) is 4.79 Å². The SMILES string of the molecule is CC(C)(C)c1ccc(S(=O)(=O)N2CSCC2C(=O)NCC2CC2)cc1. The lowest BCUT2D eigenvalue weighted by Gasteiger charge is -2.23. The highest BCUT2D eigenvalue weighted by Gasteiger charge is 2.40. The average molecular weight is 383 g/mol. The van der Waals surface area contributed by atoms with E-state index in [0.29, 0.717) is 24.1 Å². The second-order valence-corrected chi connectivity index (χ2v) is 10.8. The van der Waals surface area contributed by atoms with Gasteiger partial charge in [-0.15, -0.1) is 11.8 Å². The van der Waals surface area contributed by atoms with Crippen LogP contribution in [0, 0.1) is 5.92 Å². The Morgan fingerprint density at radius 1 is 1.24 bits per heavy atom. The van der Waals surface area contributed by atoms with Crippen LogP contribution in [0.15, 0.2) is 29.2 Å². The molecule has 0 radical (unpaired) electrons. The predicted octanol–water partition coefficient (Wildman–Crippen LogP) is 2.57. The van der Waals surface area contributed by atoms with Gasteiger partial charge in [0, 0.05) is 12.3 Å². The number of hydrogen-bond donors (Lipinski definition) is 1. The highest BCUT2D eigenvalue weighted by atomic mass is 32.2. The molecule has 0 bridgehead atoms. The van der Waals surface area contributed by atoms with Crippen molar-refractivity contribution in [3.05, 3.63) is 29.8 Å². The minimum atomic E-state index is -3.67. The molecule has 1 aromatic rings. The summed E-state index contributed by atoms with van der Waals surface area (Å²) in [7, 11) is -3.67. The van der Waals surface area contributed by atoms with Crippen LogP contribution in [0.1, 0.15) is 39.2 Å². The zero-order valence-electron chi connectivity index (χ0n) is 15.0. The van der Waals surface area contributed by atoms with Gasteiger partial charge >= 0.3 is 0 Å². The van der Waals surface area contributed by atoms with Crippen LogP contribution in [0.5, 0.6) is 0 Å². The molecule has 1 aliphatic carbocycles. The summed E-state index contributed by atoms with van der Waals surface area (Å²) in [4.78, 5) is 12.7. The quantitative estimate of drug-likeness (QED) is 0.850. The molecule has 3 rings (SSSR count). The van der Waals surface area contributed by atoms with Crippen molar-refractivity contribution in [2.75, 3.05) is 18.2 Å². The Morgan fingerprint density at radius 3 is 2.44 bits per heavy atom. The molecule has 138 valence electrons. The topological polar surface area (TPSA) is 66.5 Å². The number of thioether (sulfide) groups is 1. The number of nitrogens with one attached hydrogen (secondary N) is 1. The van der Waals surface area contributed by atoms with Gasteiger partial charge in [0.1, 0.15) is 6.04 Å². The monoisotopic (exact) mass is 382 g/mol. The molecule has 0 spiro atoms. The normalized spacial score (nSPS) is 22.1. The highest BCUT2D eigenvalue weighted by Crippen LogP contribution is 2.31. The van der Waals surface area contributed by atoms with E-state index in [4.69, 9.17) is 0 Å². The lowest BCUT2D eigenvalue weighted by molar-refractivity contribution is -0.123. The Bertz CT molecular complexity index is 735. The molecule has 2 fully saturated rings. The third kappa shape index (κ3) is 4.20. The fourth-order valence-corrected chi connectivity index (χ4v) is 5.97. The van der Waals surface area contributed by atoms with Crippen molar-refractivity contribution in [2.24, 2.45) is 5.92 Å². The molecule has 1 unspecified atom stereocenters. The number of sulfonamides is 1. The second kappa shape index (κ2) is 6.93. The van der Waals surface area contributed by atoms with Crippen molar-refractivity contribution in [3.8, 4) is 0 Å². The van der Waals surface area contributed by atoms with E-state index >= 15 is 0 Å². The standard InChI is InChI=1S/C18H26N2O3S2/c1-18(2,3)14-6-8-15(9-7-14)25(22,23)20-12-24-11-16(20)17(21)19-10-13-4-5-13/h6-9,13,16H,4-5,10-12H2,1-3H3,(H,19,21). The Balaban J connectivity index is 1.76. The maximum absolute atomic E-state index is 13.0. The van der Waals surface area contributed by atoms with Crippen LogP contribution in [0.2, 0.25) is 0 Å². The number of carbonyl (C=O) groups is 1. The number of amides is 1. The fraction of sp³-hybridized carbons (Fsp3) is 0.611. The van der Waals surface area contributed by atoms with E-state index in [1.54, 1.807) is 12.1 Å².